The summed E-state index contributed by atoms with van der Waals surface area (Å²) in [5.41, 5.74) is 0.452. The molecule has 0 aromatic rings. The van der Waals surface area contributed by atoms with Gasteiger partial charge in [0.25, 0.3) is 0 Å². The number of fused-ring (bicyclic) bond motifs is 5. The van der Waals surface area contributed by atoms with E-state index in [9.17, 15) is 9.90 Å². The molecule has 1 N–H and O–H groups in total. The Morgan fingerprint density at radius 3 is 2.62 bits per heavy atom. The largest absolute Gasteiger partial charge is 0.393 e. The van der Waals surface area contributed by atoms with E-state index in [4.69, 9.17) is 0 Å². The SMILES string of the molecule is CC12CCC3C(CC[C@@H]4C[C@H](O)CCC34C)C1CCC2=O. The lowest BCUT2D eigenvalue weighted by Crippen LogP contribution is -2.54. The molecule has 4 aliphatic carbocycles. The second-order valence-electron chi connectivity index (χ2n) is 9.00. The molecule has 0 radical (unpaired) electrons. The van der Waals surface area contributed by atoms with Crippen LogP contribution in [0.1, 0.15) is 71.6 Å². The van der Waals surface area contributed by atoms with Gasteiger partial charge in [0.2, 0.25) is 0 Å². The molecule has 4 aliphatic rings. The monoisotopic (exact) mass is 290 g/mol. The van der Waals surface area contributed by atoms with Crippen LogP contribution in [0.25, 0.3) is 0 Å². The van der Waals surface area contributed by atoms with Crippen LogP contribution in [0.5, 0.6) is 0 Å². The molecular weight excluding hydrogens is 260 g/mol. The van der Waals surface area contributed by atoms with Gasteiger partial charge in [-0.15, -0.1) is 0 Å². The number of rotatable bonds is 0. The zero-order chi connectivity index (χ0) is 14.8. The van der Waals surface area contributed by atoms with Gasteiger partial charge in [-0.1, -0.05) is 13.8 Å². The quantitative estimate of drug-likeness (QED) is 0.733. The molecule has 118 valence electrons. The van der Waals surface area contributed by atoms with Crippen LogP contribution < -0.4 is 0 Å². The molecule has 21 heavy (non-hydrogen) atoms. The number of aliphatic hydroxyl groups is 1. The maximum absolute atomic E-state index is 12.4. The maximum Gasteiger partial charge on any atom is 0.139 e. The van der Waals surface area contributed by atoms with E-state index < -0.39 is 0 Å². The maximum atomic E-state index is 12.4. The molecule has 4 rings (SSSR count). The minimum Gasteiger partial charge on any atom is -0.393 e. The number of hydrogen-bond acceptors (Lipinski definition) is 2. The molecule has 0 aromatic carbocycles. The van der Waals surface area contributed by atoms with Gasteiger partial charge in [-0.2, -0.15) is 0 Å². The molecule has 4 fully saturated rings. The van der Waals surface area contributed by atoms with Crippen molar-refractivity contribution in [2.24, 2.45) is 34.5 Å². The van der Waals surface area contributed by atoms with Gasteiger partial charge in [0.15, 0.2) is 0 Å². The topological polar surface area (TPSA) is 37.3 Å². The number of Topliss-reactive ketones (excluding diaryl/α,β-unsaturated/α-hetero) is 1. The van der Waals surface area contributed by atoms with Crippen molar-refractivity contribution < 1.29 is 9.90 Å². The van der Waals surface area contributed by atoms with E-state index in [-0.39, 0.29) is 11.5 Å². The lowest BCUT2D eigenvalue weighted by Gasteiger charge is -2.60. The van der Waals surface area contributed by atoms with Gasteiger partial charge in [-0.25, -0.2) is 0 Å². The average molecular weight is 290 g/mol. The number of hydrogen-bond donors (Lipinski definition) is 1. The highest BCUT2D eigenvalue weighted by molar-refractivity contribution is 5.87. The summed E-state index contributed by atoms with van der Waals surface area (Å²) in [7, 11) is 0. The lowest BCUT2D eigenvalue weighted by molar-refractivity contribution is -0.142. The van der Waals surface area contributed by atoms with E-state index in [0.717, 1.165) is 49.9 Å². The third-order valence-corrected chi connectivity index (χ3v) is 8.35. The van der Waals surface area contributed by atoms with Crippen molar-refractivity contribution in [3.8, 4) is 0 Å². The highest BCUT2D eigenvalue weighted by atomic mass is 16.3. The molecule has 0 bridgehead atoms. The molecule has 2 heteroatoms. The Balaban J connectivity index is 1.64. The summed E-state index contributed by atoms with van der Waals surface area (Å²) in [6.45, 7) is 4.78. The minimum absolute atomic E-state index is 0.0124. The highest BCUT2D eigenvalue weighted by Crippen LogP contribution is 2.65. The minimum atomic E-state index is -0.0541. The summed E-state index contributed by atoms with van der Waals surface area (Å²) < 4.78 is 0. The van der Waals surface area contributed by atoms with Gasteiger partial charge in [0, 0.05) is 11.8 Å². The van der Waals surface area contributed by atoms with Gasteiger partial charge >= 0.3 is 0 Å². The van der Waals surface area contributed by atoms with Gasteiger partial charge in [0.1, 0.15) is 5.78 Å². The molecule has 0 saturated heterocycles. The number of carbonyl (C=O) groups is 1. The third kappa shape index (κ3) is 1.84. The first kappa shape index (κ1) is 14.2. The number of ketones is 1. The van der Waals surface area contributed by atoms with E-state index >= 15 is 0 Å². The first-order valence-electron chi connectivity index (χ1n) is 9.16. The summed E-state index contributed by atoms with van der Waals surface area (Å²) in [5.74, 6) is 3.54. The van der Waals surface area contributed by atoms with Crippen LogP contribution in [0.4, 0.5) is 0 Å². The van der Waals surface area contributed by atoms with E-state index in [1.54, 1.807) is 0 Å². The van der Waals surface area contributed by atoms with Crippen LogP contribution in [0.2, 0.25) is 0 Å². The standard InChI is InChI=1S/C19H30O2/c1-18-9-7-13(20)11-12(18)3-4-14-15-5-6-17(21)19(15,2)10-8-16(14)18/h12-16,20H,3-11H2,1-2H3/t12-,13-,14?,15?,16?,18?,19?/m1/s1. The normalized spacial score (nSPS) is 56.5. The Hall–Kier alpha value is -0.370. The van der Waals surface area contributed by atoms with Crippen molar-refractivity contribution in [1.29, 1.82) is 0 Å². The van der Waals surface area contributed by atoms with E-state index in [1.807, 2.05) is 0 Å². The first-order valence-corrected chi connectivity index (χ1v) is 9.16. The summed E-state index contributed by atoms with van der Waals surface area (Å²) >= 11 is 0. The fourth-order valence-electron chi connectivity index (χ4n) is 7.01. The van der Waals surface area contributed by atoms with E-state index in [0.29, 0.717) is 17.1 Å². The predicted octanol–water partition coefficient (Wildman–Crippen LogP) is 3.96. The molecular formula is C19H30O2. The van der Waals surface area contributed by atoms with Gasteiger partial charge in [0.05, 0.1) is 6.10 Å². The van der Waals surface area contributed by atoms with Crippen LogP contribution in [0.3, 0.4) is 0 Å². The van der Waals surface area contributed by atoms with Crippen LogP contribution >= 0.6 is 0 Å². The highest BCUT2D eigenvalue weighted by Gasteiger charge is 2.60. The second-order valence-corrected chi connectivity index (χ2v) is 9.00. The molecule has 7 atom stereocenters. The number of aliphatic hydroxyl groups excluding tert-OH is 1. The molecule has 2 nitrogen and oxygen atoms in total. The molecule has 0 amide bonds. The van der Waals surface area contributed by atoms with Crippen molar-refractivity contribution in [2.75, 3.05) is 0 Å². The van der Waals surface area contributed by atoms with E-state index in [2.05, 4.69) is 13.8 Å². The summed E-state index contributed by atoms with van der Waals surface area (Å²) in [6.07, 6.45) is 10.1. The van der Waals surface area contributed by atoms with Gasteiger partial charge in [-0.05, 0) is 80.5 Å². The Kier molecular flexibility index (Phi) is 3.10. The van der Waals surface area contributed by atoms with E-state index in [1.165, 1.54) is 25.7 Å². The molecule has 0 aromatic heterocycles. The summed E-state index contributed by atoms with van der Waals surface area (Å²) in [6, 6.07) is 0. The summed E-state index contributed by atoms with van der Waals surface area (Å²) in [5, 5.41) is 10.0. The van der Waals surface area contributed by atoms with Gasteiger partial charge in [-0.3, -0.25) is 4.79 Å². The van der Waals surface area contributed by atoms with Crippen LogP contribution in [-0.2, 0) is 4.79 Å². The van der Waals surface area contributed by atoms with Crippen molar-refractivity contribution in [3.05, 3.63) is 0 Å². The Bertz CT molecular complexity index is 458. The molecule has 5 unspecified atom stereocenters. The zero-order valence-corrected chi connectivity index (χ0v) is 13.6. The fraction of sp³-hybridized carbons (Fsp3) is 0.947. The zero-order valence-electron chi connectivity index (χ0n) is 13.6. The molecule has 4 saturated carbocycles. The lowest BCUT2D eigenvalue weighted by atomic mass is 9.45. The molecule has 0 heterocycles. The van der Waals surface area contributed by atoms with Crippen molar-refractivity contribution in [2.45, 2.75) is 77.7 Å². The Morgan fingerprint density at radius 1 is 1.00 bits per heavy atom. The van der Waals surface area contributed by atoms with Crippen molar-refractivity contribution in [1.82, 2.24) is 0 Å². The van der Waals surface area contributed by atoms with Crippen LogP contribution in [0.15, 0.2) is 0 Å². The Morgan fingerprint density at radius 2 is 1.81 bits per heavy atom. The Labute approximate surface area is 128 Å². The average Bonchev–Trinajstić information content (AvgIpc) is 2.76. The fourth-order valence-corrected chi connectivity index (χ4v) is 7.01. The molecule has 0 aliphatic heterocycles. The number of carbonyl (C=O) groups excluding carboxylic acids is 1. The summed E-state index contributed by atoms with van der Waals surface area (Å²) in [4.78, 5) is 12.4. The first-order chi connectivity index (χ1) is 9.95. The molecule has 0 spiro atoms. The predicted molar refractivity (Wildman–Crippen MR) is 82.7 cm³/mol. The van der Waals surface area contributed by atoms with Crippen LogP contribution in [0, 0.1) is 34.5 Å². The van der Waals surface area contributed by atoms with Gasteiger partial charge < -0.3 is 5.11 Å². The second kappa shape index (κ2) is 4.57. The van der Waals surface area contributed by atoms with Crippen molar-refractivity contribution >= 4 is 5.78 Å². The van der Waals surface area contributed by atoms with Crippen molar-refractivity contribution in [3.63, 3.8) is 0 Å². The van der Waals surface area contributed by atoms with Crippen LogP contribution in [-0.4, -0.2) is 17.0 Å². The smallest absolute Gasteiger partial charge is 0.139 e. The third-order valence-electron chi connectivity index (χ3n) is 8.35.